The van der Waals surface area contributed by atoms with E-state index >= 15 is 0 Å². The number of nitrogens with one attached hydrogen (secondary N) is 1. The maximum Gasteiger partial charge on any atom is 0.230 e. The Balaban J connectivity index is 1.58. The molecule has 1 amide bonds. The van der Waals surface area contributed by atoms with Crippen molar-refractivity contribution in [2.75, 3.05) is 5.32 Å². The van der Waals surface area contributed by atoms with Gasteiger partial charge in [0, 0.05) is 24.5 Å². The fourth-order valence-corrected chi connectivity index (χ4v) is 3.42. The third-order valence-electron chi connectivity index (χ3n) is 4.82. The second kappa shape index (κ2) is 7.75. The van der Waals surface area contributed by atoms with Crippen molar-refractivity contribution in [1.82, 2.24) is 9.55 Å². The molecule has 2 heterocycles. The normalized spacial score (nSPS) is 13.3. The molecule has 0 spiro atoms. The smallest absolute Gasteiger partial charge is 0.230 e. The maximum atomic E-state index is 12.7. The highest BCUT2D eigenvalue weighted by molar-refractivity contribution is 5.93. The van der Waals surface area contributed by atoms with E-state index < -0.39 is 0 Å². The van der Waals surface area contributed by atoms with Gasteiger partial charge in [-0.05, 0) is 42.0 Å². The van der Waals surface area contributed by atoms with Crippen molar-refractivity contribution in [3.8, 4) is 23.0 Å². The van der Waals surface area contributed by atoms with E-state index in [1.54, 1.807) is 12.5 Å². The zero-order valence-electron chi connectivity index (χ0n) is 16.1. The van der Waals surface area contributed by atoms with Crippen LogP contribution in [0.15, 0.2) is 85.3 Å². The second-order valence-corrected chi connectivity index (χ2v) is 7.06. The average molecular weight is 397 g/mol. The summed E-state index contributed by atoms with van der Waals surface area (Å²) < 4.78 is 14.1. The molecule has 4 bridgehead atoms. The number of fused-ring (bicyclic) bond motifs is 6. The summed E-state index contributed by atoms with van der Waals surface area (Å²) in [6.07, 6.45) is 3.66. The van der Waals surface area contributed by atoms with Gasteiger partial charge in [0.15, 0.2) is 5.75 Å². The van der Waals surface area contributed by atoms with Crippen LogP contribution in [0.1, 0.15) is 11.3 Å². The lowest BCUT2D eigenvalue weighted by atomic mass is 10.2. The maximum absolute atomic E-state index is 12.7. The molecule has 5 rings (SSSR count). The molecule has 0 aliphatic carbocycles. The highest BCUT2D eigenvalue weighted by atomic mass is 16.5. The minimum atomic E-state index is -0.134. The van der Waals surface area contributed by atoms with Gasteiger partial charge in [0.25, 0.3) is 0 Å². The standard InChI is InChI=1S/C24H19N3O3/c28-24-12-18-14-25-16-27(18)15-17-5-3-6-19(11-17)29-20-7-4-8-21(13-20)30-23-10-2-1-9-22(23)26-24/h1-11,13-14,16H,12,15H2,(H,26,28). The van der Waals surface area contributed by atoms with Crippen LogP contribution in [0.4, 0.5) is 5.69 Å². The number of carbonyl (C=O) groups is 1. The van der Waals surface area contributed by atoms with Crippen molar-refractivity contribution in [2.45, 2.75) is 13.0 Å². The van der Waals surface area contributed by atoms with Crippen LogP contribution < -0.4 is 14.8 Å². The van der Waals surface area contributed by atoms with Gasteiger partial charge in [-0.1, -0.05) is 30.3 Å². The predicted octanol–water partition coefficient (Wildman–Crippen LogP) is 5.01. The van der Waals surface area contributed by atoms with Crippen molar-refractivity contribution in [1.29, 1.82) is 0 Å². The molecule has 0 fully saturated rings. The number of para-hydroxylation sites is 2. The fraction of sp³-hybridized carbons (Fsp3) is 0.0833. The molecule has 30 heavy (non-hydrogen) atoms. The monoisotopic (exact) mass is 397 g/mol. The third-order valence-corrected chi connectivity index (χ3v) is 4.82. The Labute approximate surface area is 173 Å². The number of rotatable bonds is 0. The van der Waals surface area contributed by atoms with Gasteiger partial charge in [0.1, 0.15) is 17.2 Å². The van der Waals surface area contributed by atoms with Crippen LogP contribution in [-0.2, 0) is 17.8 Å². The average Bonchev–Trinajstić information content (AvgIpc) is 3.16. The van der Waals surface area contributed by atoms with Crippen LogP contribution in [0.3, 0.4) is 0 Å². The van der Waals surface area contributed by atoms with Gasteiger partial charge in [-0.3, -0.25) is 4.79 Å². The van der Waals surface area contributed by atoms with Crippen molar-refractivity contribution < 1.29 is 14.3 Å². The highest BCUT2D eigenvalue weighted by Crippen LogP contribution is 2.32. The van der Waals surface area contributed by atoms with Crippen molar-refractivity contribution in [3.63, 3.8) is 0 Å². The zero-order valence-corrected chi connectivity index (χ0v) is 16.1. The lowest BCUT2D eigenvalue weighted by Gasteiger charge is -2.15. The van der Waals surface area contributed by atoms with Gasteiger partial charge in [-0.25, -0.2) is 4.98 Å². The van der Waals surface area contributed by atoms with E-state index in [0.29, 0.717) is 29.5 Å². The summed E-state index contributed by atoms with van der Waals surface area (Å²) in [5.74, 6) is 2.45. The first-order chi connectivity index (χ1) is 14.7. The number of hydrogen-bond acceptors (Lipinski definition) is 4. The Morgan fingerprint density at radius 2 is 1.63 bits per heavy atom. The van der Waals surface area contributed by atoms with E-state index in [2.05, 4.69) is 10.3 Å². The number of benzene rings is 3. The first-order valence-corrected chi connectivity index (χ1v) is 9.65. The molecule has 1 aromatic heterocycles. The lowest BCUT2D eigenvalue weighted by Crippen LogP contribution is -2.17. The molecule has 6 nitrogen and oxygen atoms in total. The first-order valence-electron chi connectivity index (χ1n) is 9.65. The largest absolute Gasteiger partial charge is 0.457 e. The Bertz CT molecular complexity index is 1220. The summed E-state index contributed by atoms with van der Waals surface area (Å²) in [4.78, 5) is 17.0. The minimum Gasteiger partial charge on any atom is -0.457 e. The molecule has 0 saturated carbocycles. The van der Waals surface area contributed by atoms with Gasteiger partial charge in [-0.2, -0.15) is 0 Å². The van der Waals surface area contributed by atoms with Crippen LogP contribution in [0.2, 0.25) is 0 Å². The summed E-state index contributed by atoms with van der Waals surface area (Å²) in [7, 11) is 0. The van der Waals surface area contributed by atoms with E-state index in [1.807, 2.05) is 77.4 Å². The molecule has 1 N–H and O–H groups in total. The summed E-state index contributed by atoms with van der Waals surface area (Å²) >= 11 is 0. The topological polar surface area (TPSA) is 65.4 Å². The Hall–Kier alpha value is -4.06. The van der Waals surface area contributed by atoms with E-state index in [-0.39, 0.29) is 12.3 Å². The predicted molar refractivity (Wildman–Crippen MR) is 113 cm³/mol. The number of amides is 1. The van der Waals surface area contributed by atoms with Crippen LogP contribution in [0.25, 0.3) is 0 Å². The molecule has 0 radical (unpaired) electrons. The lowest BCUT2D eigenvalue weighted by molar-refractivity contribution is -0.115. The summed E-state index contributed by atoms with van der Waals surface area (Å²) in [5.41, 5.74) is 2.49. The number of carbonyl (C=O) groups excluding carboxylic acids is 1. The molecule has 1 aliphatic heterocycles. The molecule has 4 aromatic rings. The van der Waals surface area contributed by atoms with Gasteiger partial charge >= 0.3 is 0 Å². The number of nitrogens with zero attached hydrogens (tertiary/aromatic N) is 2. The molecular formula is C24H19N3O3. The van der Waals surface area contributed by atoms with Gasteiger partial charge < -0.3 is 19.4 Å². The Morgan fingerprint density at radius 3 is 2.53 bits per heavy atom. The highest BCUT2D eigenvalue weighted by Gasteiger charge is 2.13. The van der Waals surface area contributed by atoms with Gasteiger partial charge in [-0.15, -0.1) is 0 Å². The van der Waals surface area contributed by atoms with Crippen LogP contribution in [-0.4, -0.2) is 15.5 Å². The van der Waals surface area contributed by atoms with Crippen molar-refractivity contribution in [3.05, 3.63) is 96.6 Å². The van der Waals surface area contributed by atoms with E-state index in [9.17, 15) is 4.79 Å². The number of aromatic nitrogens is 2. The molecule has 3 aromatic carbocycles. The Morgan fingerprint density at radius 1 is 0.867 bits per heavy atom. The Kier molecular flexibility index (Phi) is 4.65. The van der Waals surface area contributed by atoms with E-state index in [4.69, 9.17) is 9.47 Å². The van der Waals surface area contributed by atoms with E-state index in [0.717, 1.165) is 17.0 Å². The third kappa shape index (κ3) is 3.89. The SMILES string of the molecule is O=C1Cc2cncn2Cc2cccc(c2)Oc2cccc(c2)Oc2ccccc2N1. The zero-order chi connectivity index (χ0) is 20.3. The minimum absolute atomic E-state index is 0.134. The number of ether oxygens (including phenoxy) is 2. The number of anilines is 1. The molecular weight excluding hydrogens is 378 g/mol. The first kappa shape index (κ1) is 18.0. The van der Waals surface area contributed by atoms with E-state index in [1.165, 1.54) is 0 Å². The van der Waals surface area contributed by atoms with Crippen LogP contribution >= 0.6 is 0 Å². The summed E-state index contributed by atoms with van der Waals surface area (Å²) in [5, 5.41) is 2.95. The molecule has 0 atom stereocenters. The second-order valence-electron chi connectivity index (χ2n) is 7.06. The molecule has 0 saturated heterocycles. The van der Waals surface area contributed by atoms with Crippen molar-refractivity contribution in [2.24, 2.45) is 0 Å². The fourth-order valence-electron chi connectivity index (χ4n) is 3.42. The van der Waals surface area contributed by atoms with Crippen LogP contribution in [0.5, 0.6) is 23.0 Å². The van der Waals surface area contributed by atoms with Crippen molar-refractivity contribution >= 4 is 11.6 Å². The summed E-state index contributed by atoms with van der Waals surface area (Å²) in [6.45, 7) is 0.597. The number of hydrogen-bond donors (Lipinski definition) is 1. The molecule has 148 valence electrons. The quantitative estimate of drug-likeness (QED) is 0.453. The molecule has 0 unspecified atom stereocenters. The molecule has 6 heteroatoms. The van der Waals surface area contributed by atoms with Crippen LogP contribution in [0, 0.1) is 0 Å². The molecule has 1 aliphatic rings. The van der Waals surface area contributed by atoms with Gasteiger partial charge in [0.05, 0.1) is 18.4 Å². The number of imidazole rings is 1. The summed E-state index contributed by atoms with van der Waals surface area (Å²) in [6, 6.07) is 22.7. The van der Waals surface area contributed by atoms with Gasteiger partial charge in [0.2, 0.25) is 5.91 Å².